The molecular formula is C17H24N2O4S. The molecule has 2 heterocycles. The zero-order valence-corrected chi connectivity index (χ0v) is 15.8. The minimum atomic E-state index is -0.617. The van der Waals surface area contributed by atoms with Crippen LogP contribution in [0.3, 0.4) is 0 Å². The van der Waals surface area contributed by atoms with Crippen molar-refractivity contribution in [2.75, 3.05) is 13.2 Å². The van der Waals surface area contributed by atoms with Crippen LogP contribution in [0.15, 0.2) is 11.7 Å². The molecule has 0 atom stereocenters. The summed E-state index contributed by atoms with van der Waals surface area (Å²) < 4.78 is 10.6. The standard InChI is InChI=1S/C17H24N2O4S/c1-7-22-14(20)11-8-19(15(21)23-16(2,3)4)9-17(5,6)13-12(11)24-10-18-13/h8,10H,7,9H2,1-6H3. The highest BCUT2D eigenvalue weighted by Crippen LogP contribution is 2.37. The number of hydrogen-bond acceptors (Lipinski definition) is 6. The highest BCUT2D eigenvalue weighted by Gasteiger charge is 2.37. The number of amides is 1. The maximum Gasteiger partial charge on any atom is 0.414 e. The molecule has 0 N–H and O–H groups in total. The molecule has 24 heavy (non-hydrogen) atoms. The molecule has 1 aliphatic heterocycles. The van der Waals surface area contributed by atoms with Crippen molar-refractivity contribution in [2.45, 2.75) is 52.6 Å². The third kappa shape index (κ3) is 3.95. The van der Waals surface area contributed by atoms with E-state index in [1.165, 1.54) is 22.4 Å². The van der Waals surface area contributed by atoms with E-state index in [0.717, 1.165) is 10.6 Å². The van der Waals surface area contributed by atoms with Gasteiger partial charge in [-0.05, 0) is 27.7 Å². The monoisotopic (exact) mass is 352 g/mol. The molecule has 0 aliphatic carbocycles. The van der Waals surface area contributed by atoms with Gasteiger partial charge in [-0.25, -0.2) is 14.6 Å². The normalized spacial score (nSPS) is 16.8. The van der Waals surface area contributed by atoms with Crippen molar-refractivity contribution in [1.82, 2.24) is 9.88 Å². The molecule has 132 valence electrons. The number of fused-ring (bicyclic) bond motifs is 1. The van der Waals surface area contributed by atoms with Crippen LogP contribution in [0, 0.1) is 0 Å². The van der Waals surface area contributed by atoms with Gasteiger partial charge in [0.05, 0.1) is 28.3 Å². The van der Waals surface area contributed by atoms with Crippen molar-refractivity contribution in [2.24, 2.45) is 0 Å². The van der Waals surface area contributed by atoms with Crippen LogP contribution >= 0.6 is 11.3 Å². The molecule has 0 radical (unpaired) electrons. The number of thiazole rings is 1. The third-order valence-corrected chi connectivity index (χ3v) is 4.29. The Kier molecular flexibility index (Phi) is 5.03. The molecule has 1 aromatic rings. The summed E-state index contributed by atoms with van der Waals surface area (Å²) in [6.45, 7) is 11.8. The van der Waals surface area contributed by atoms with E-state index in [4.69, 9.17) is 9.47 Å². The Morgan fingerprint density at radius 1 is 1.38 bits per heavy atom. The van der Waals surface area contributed by atoms with Crippen LogP contribution in [0.2, 0.25) is 0 Å². The van der Waals surface area contributed by atoms with Crippen LogP contribution in [-0.2, 0) is 19.7 Å². The fourth-order valence-corrected chi connectivity index (χ4v) is 3.44. The highest BCUT2D eigenvalue weighted by molar-refractivity contribution is 7.11. The Labute approximate surface area is 146 Å². The summed E-state index contributed by atoms with van der Waals surface area (Å²) in [5.41, 5.74) is 1.80. The minimum absolute atomic E-state index is 0.264. The summed E-state index contributed by atoms with van der Waals surface area (Å²) in [6.07, 6.45) is 1.03. The first-order valence-electron chi connectivity index (χ1n) is 7.88. The lowest BCUT2D eigenvalue weighted by Gasteiger charge is -2.30. The quantitative estimate of drug-likeness (QED) is 0.761. The largest absolute Gasteiger partial charge is 0.462 e. The van der Waals surface area contributed by atoms with Crippen molar-refractivity contribution < 1.29 is 19.1 Å². The summed E-state index contributed by atoms with van der Waals surface area (Å²) in [7, 11) is 0. The summed E-state index contributed by atoms with van der Waals surface area (Å²) >= 11 is 1.37. The maximum absolute atomic E-state index is 12.5. The summed E-state index contributed by atoms with van der Waals surface area (Å²) in [5, 5.41) is 0. The molecule has 0 fully saturated rings. The van der Waals surface area contributed by atoms with Gasteiger partial charge in [0.2, 0.25) is 0 Å². The Balaban J connectivity index is 2.47. The molecule has 0 bridgehead atoms. The van der Waals surface area contributed by atoms with Gasteiger partial charge in [0, 0.05) is 18.2 Å². The maximum atomic E-state index is 12.5. The van der Waals surface area contributed by atoms with Crippen LogP contribution in [0.5, 0.6) is 0 Å². The fraction of sp³-hybridized carbons (Fsp3) is 0.588. The molecular weight excluding hydrogens is 328 g/mol. The van der Waals surface area contributed by atoms with Crippen molar-refractivity contribution in [3.63, 3.8) is 0 Å². The van der Waals surface area contributed by atoms with E-state index < -0.39 is 23.1 Å². The third-order valence-electron chi connectivity index (χ3n) is 3.43. The van der Waals surface area contributed by atoms with E-state index in [1.807, 2.05) is 34.6 Å². The number of ether oxygens (including phenoxy) is 2. The van der Waals surface area contributed by atoms with Gasteiger partial charge in [-0.3, -0.25) is 4.90 Å². The number of nitrogens with zero attached hydrogens (tertiary/aromatic N) is 2. The zero-order chi connectivity index (χ0) is 18.1. The molecule has 2 rings (SSSR count). The van der Waals surface area contributed by atoms with E-state index >= 15 is 0 Å². The number of hydrogen-bond donors (Lipinski definition) is 0. The molecule has 0 spiro atoms. The van der Waals surface area contributed by atoms with E-state index in [-0.39, 0.29) is 6.61 Å². The molecule has 7 heteroatoms. The number of esters is 1. The van der Waals surface area contributed by atoms with Crippen molar-refractivity contribution in [3.05, 3.63) is 22.3 Å². The first-order chi connectivity index (χ1) is 11.0. The first-order valence-corrected chi connectivity index (χ1v) is 8.76. The van der Waals surface area contributed by atoms with E-state index in [2.05, 4.69) is 4.98 Å². The van der Waals surface area contributed by atoms with Gasteiger partial charge in [0.1, 0.15) is 5.60 Å². The summed E-state index contributed by atoms with van der Waals surface area (Å²) in [5.74, 6) is -0.464. The van der Waals surface area contributed by atoms with Gasteiger partial charge in [0.25, 0.3) is 0 Å². The Morgan fingerprint density at radius 3 is 2.62 bits per heavy atom. The zero-order valence-electron chi connectivity index (χ0n) is 15.0. The van der Waals surface area contributed by atoms with Gasteiger partial charge in [0.15, 0.2) is 0 Å². The summed E-state index contributed by atoms with van der Waals surface area (Å²) in [6, 6.07) is 0. The Morgan fingerprint density at radius 2 is 2.04 bits per heavy atom. The summed E-state index contributed by atoms with van der Waals surface area (Å²) in [4.78, 5) is 31.5. The van der Waals surface area contributed by atoms with Crippen LogP contribution in [0.1, 0.15) is 52.1 Å². The van der Waals surface area contributed by atoms with E-state index in [9.17, 15) is 9.59 Å². The van der Waals surface area contributed by atoms with Gasteiger partial charge >= 0.3 is 12.1 Å². The van der Waals surface area contributed by atoms with Crippen molar-refractivity contribution in [1.29, 1.82) is 0 Å². The van der Waals surface area contributed by atoms with Gasteiger partial charge in [-0.15, -0.1) is 11.3 Å². The SMILES string of the molecule is CCOC(=O)C1=CN(C(=O)OC(C)(C)C)CC(C)(C)c2ncsc21. The van der Waals surface area contributed by atoms with Crippen LogP contribution in [0.4, 0.5) is 4.79 Å². The van der Waals surface area contributed by atoms with Crippen LogP contribution in [0.25, 0.3) is 5.57 Å². The van der Waals surface area contributed by atoms with Gasteiger partial charge in [-0.2, -0.15) is 0 Å². The molecule has 1 aliphatic rings. The van der Waals surface area contributed by atoms with Gasteiger partial charge < -0.3 is 9.47 Å². The predicted octanol–water partition coefficient (Wildman–Crippen LogP) is 3.58. The first kappa shape index (κ1) is 18.4. The van der Waals surface area contributed by atoms with Crippen molar-refractivity contribution >= 4 is 29.0 Å². The Bertz CT molecular complexity index is 670. The smallest absolute Gasteiger partial charge is 0.414 e. The molecule has 6 nitrogen and oxygen atoms in total. The molecule has 1 amide bonds. The van der Waals surface area contributed by atoms with Gasteiger partial charge in [-0.1, -0.05) is 13.8 Å². The lowest BCUT2D eigenvalue weighted by atomic mass is 9.88. The number of aromatic nitrogens is 1. The minimum Gasteiger partial charge on any atom is -0.462 e. The number of rotatable bonds is 2. The second-order valence-electron chi connectivity index (χ2n) is 7.29. The number of carbonyl (C=O) groups excluding carboxylic acids is 2. The molecule has 0 saturated heterocycles. The molecule has 0 unspecified atom stereocenters. The molecule has 0 aromatic carbocycles. The van der Waals surface area contributed by atoms with Crippen molar-refractivity contribution in [3.8, 4) is 0 Å². The van der Waals surface area contributed by atoms with E-state index in [0.29, 0.717) is 12.1 Å². The Hall–Kier alpha value is -1.89. The molecule has 1 aromatic heterocycles. The average Bonchev–Trinajstić information content (AvgIpc) is 2.87. The second-order valence-corrected chi connectivity index (χ2v) is 8.14. The predicted molar refractivity (Wildman–Crippen MR) is 92.7 cm³/mol. The molecule has 0 saturated carbocycles. The lowest BCUT2D eigenvalue weighted by Crippen LogP contribution is -2.40. The lowest BCUT2D eigenvalue weighted by molar-refractivity contribution is -0.136. The fourth-order valence-electron chi connectivity index (χ4n) is 2.47. The highest BCUT2D eigenvalue weighted by atomic mass is 32.1. The topological polar surface area (TPSA) is 68.7 Å². The second kappa shape index (κ2) is 6.55. The van der Waals surface area contributed by atoms with Crippen LogP contribution < -0.4 is 0 Å². The average molecular weight is 352 g/mol. The number of carbonyl (C=O) groups is 2. The van der Waals surface area contributed by atoms with E-state index in [1.54, 1.807) is 12.4 Å². The van der Waals surface area contributed by atoms with Crippen LogP contribution in [-0.4, -0.2) is 40.7 Å².